The Hall–Kier alpha value is -1.40. The van der Waals surface area contributed by atoms with E-state index < -0.39 is 0 Å². The van der Waals surface area contributed by atoms with E-state index in [9.17, 15) is 4.39 Å². The molecule has 0 aromatic heterocycles. The molecule has 1 aliphatic heterocycles. The second kappa shape index (κ2) is 8.32. The van der Waals surface area contributed by atoms with Crippen LogP contribution in [0.25, 0.3) is 0 Å². The zero-order valence-electron chi connectivity index (χ0n) is 13.5. The van der Waals surface area contributed by atoms with Gasteiger partial charge >= 0.3 is 0 Å². The second-order valence-corrected chi connectivity index (χ2v) is 7.10. The van der Waals surface area contributed by atoms with Crippen LogP contribution in [0.3, 0.4) is 0 Å². The zero-order chi connectivity index (χ0) is 17.8. The summed E-state index contributed by atoms with van der Waals surface area (Å²) in [4.78, 5) is 4.40. The molecule has 3 rings (SSSR count). The number of hydrogen-bond acceptors (Lipinski definition) is 2. The van der Waals surface area contributed by atoms with Gasteiger partial charge in [-0.05, 0) is 42.0 Å². The number of rotatable bonds is 3. The summed E-state index contributed by atoms with van der Waals surface area (Å²) >= 11 is 17.7. The molecule has 0 aliphatic carbocycles. The number of hydrogen-bond donors (Lipinski definition) is 1. The van der Waals surface area contributed by atoms with Crippen LogP contribution < -0.4 is 5.32 Å². The maximum atomic E-state index is 13.3. The lowest BCUT2D eigenvalue weighted by Crippen LogP contribution is -2.49. The molecule has 0 saturated carbocycles. The monoisotopic (exact) mass is 397 g/mol. The standard InChI is InChI=1S/C18H18Cl2FN3S/c19-15-5-2-6-16(17(15)20)22-18(25)24-9-7-23(8-10-24)12-13-3-1-4-14(21)11-13/h1-6,11H,7-10,12H2,(H,22,25). The Kier molecular flexibility index (Phi) is 6.12. The number of piperazine rings is 1. The van der Waals surface area contributed by atoms with Crippen LogP contribution >= 0.6 is 35.4 Å². The van der Waals surface area contributed by atoms with E-state index in [0.29, 0.717) is 20.8 Å². The maximum absolute atomic E-state index is 13.3. The smallest absolute Gasteiger partial charge is 0.173 e. The number of benzene rings is 2. The van der Waals surface area contributed by atoms with Crippen molar-refractivity contribution in [3.8, 4) is 0 Å². The Morgan fingerprint density at radius 3 is 2.52 bits per heavy atom. The molecule has 3 nitrogen and oxygen atoms in total. The molecule has 0 radical (unpaired) electrons. The van der Waals surface area contributed by atoms with Gasteiger partial charge in [0.2, 0.25) is 0 Å². The predicted octanol–water partition coefficient (Wildman–Crippen LogP) is 4.65. The molecule has 1 N–H and O–H groups in total. The lowest BCUT2D eigenvalue weighted by atomic mass is 10.2. The van der Waals surface area contributed by atoms with Crippen molar-refractivity contribution < 1.29 is 4.39 Å². The van der Waals surface area contributed by atoms with Crippen molar-refractivity contribution in [2.24, 2.45) is 0 Å². The minimum atomic E-state index is -0.195. The lowest BCUT2D eigenvalue weighted by Gasteiger charge is -2.36. The summed E-state index contributed by atoms with van der Waals surface area (Å²) < 4.78 is 13.3. The Labute approximate surface area is 162 Å². The fraction of sp³-hybridized carbons (Fsp3) is 0.278. The molecule has 132 valence electrons. The summed E-state index contributed by atoms with van der Waals surface area (Å²) in [7, 11) is 0. The summed E-state index contributed by atoms with van der Waals surface area (Å²) in [5, 5.41) is 4.76. The maximum Gasteiger partial charge on any atom is 0.173 e. The largest absolute Gasteiger partial charge is 0.346 e. The van der Waals surface area contributed by atoms with Gasteiger partial charge < -0.3 is 10.2 Å². The molecule has 0 unspecified atom stereocenters. The first-order chi connectivity index (χ1) is 12.0. The zero-order valence-corrected chi connectivity index (χ0v) is 15.8. The number of anilines is 1. The molecule has 7 heteroatoms. The Morgan fingerprint density at radius 2 is 1.80 bits per heavy atom. The normalized spacial score (nSPS) is 15.2. The third kappa shape index (κ3) is 4.82. The highest BCUT2D eigenvalue weighted by Gasteiger charge is 2.19. The summed E-state index contributed by atoms with van der Waals surface area (Å²) in [6.07, 6.45) is 0. The highest BCUT2D eigenvalue weighted by Crippen LogP contribution is 2.29. The van der Waals surface area contributed by atoms with E-state index in [1.807, 2.05) is 18.2 Å². The van der Waals surface area contributed by atoms with Crippen molar-refractivity contribution in [2.45, 2.75) is 6.54 Å². The molecule has 2 aromatic rings. The highest BCUT2D eigenvalue weighted by atomic mass is 35.5. The highest BCUT2D eigenvalue weighted by molar-refractivity contribution is 7.80. The van der Waals surface area contributed by atoms with E-state index in [2.05, 4.69) is 15.1 Å². The van der Waals surface area contributed by atoms with Crippen molar-refractivity contribution in [2.75, 3.05) is 31.5 Å². The van der Waals surface area contributed by atoms with Gasteiger partial charge in [0.05, 0.1) is 15.7 Å². The van der Waals surface area contributed by atoms with Crippen molar-refractivity contribution in [3.05, 3.63) is 63.9 Å². The van der Waals surface area contributed by atoms with E-state index in [1.165, 1.54) is 6.07 Å². The van der Waals surface area contributed by atoms with Gasteiger partial charge in [-0.1, -0.05) is 41.4 Å². The van der Waals surface area contributed by atoms with E-state index in [0.717, 1.165) is 38.3 Å². The summed E-state index contributed by atoms with van der Waals surface area (Å²) in [5.41, 5.74) is 1.70. The summed E-state index contributed by atoms with van der Waals surface area (Å²) in [6, 6.07) is 12.2. The van der Waals surface area contributed by atoms with E-state index in [1.54, 1.807) is 18.2 Å². The van der Waals surface area contributed by atoms with Crippen LogP contribution in [-0.2, 0) is 6.54 Å². The first-order valence-electron chi connectivity index (χ1n) is 7.99. The van der Waals surface area contributed by atoms with Crippen LogP contribution in [0.1, 0.15) is 5.56 Å². The van der Waals surface area contributed by atoms with Crippen LogP contribution in [0.2, 0.25) is 10.0 Å². The van der Waals surface area contributed by atoms with E-state index >= 15 is 0 Å². The third-order valence-electron chi connectivity index (χ3n) is 4.15. The van der Waals surface area contributed by atoms with Gasteiger partial charge in [-0.15, -0.1) is 0 Å². The SMILES string of the molecule is Fc1cccc(CN2CCN(C(=S)Nc3cccc(Cl)c3Cl)CC2)c1. The minimum Gasteiger partial charge on any atom is -0.346 e. The van der Waals surface area contributed by atoms with Crippen LogP contribution in [-0.4, -0.2) is 41.1 Å². The molecule has 0 spiro atoms. The summed E-state index contributed by atoms with van der Waals surface area (Å²) in [6.45, 7) is 4.08. The molecule has 1 aliphatic rings. The van der Waals surface area contributed by atoms with Crippen LogP contribution in [0, 0.1) is 5.82 Å². The van der Waals surface area contributed by atoms with Gasteiger partial charge in [0.1, 0.15) is 5.82 Å². The van der Waals surface area contributed by atoms with Gasteiger partial charge in [0.15, 0.2) is 5.11 Å². The Balaban J connectivity index is 1.53. The third-order valence-corrected chi connectivity index (χ3v) is 5.33. The molecule has 1 heterocycles. The van der Waals surface area contributed by atoms with Crippen molar-refractivity contribution in [1.29, 1.82) is 0 Å². The van der Waals surface area contributed by atoms with Gasteiger partial charge in [0, 0.05) is 32.7 Å². The van der Waals surface area contributed by atoms with Crippen LogP contribution in [0.15, 0.2) is 42.5 Å². The Morgan fingerprint density at radius 1 is 1.08 bits per heavy atom. The molecule has 2 aromatic carbocycles. The van der Waals surface area contributed by atoms with Gasteiger partial charge in [0.25, 0.3) is 0 Å². The average Bonchev–Trinajstić information content (AvgIpc) is 2.59. The molecule has 0 bridgehead atoms. The number of nitrogens with zero attached hydrogens (tertiary/aromatic N) is 2. The van der Waals surface area contributed by atoms with E-state index in [-0.39, 0.29) is 5.82 Å². The lowest BCUT2D eigenvalue weighted by molar-refractivity contribution is 0.177. The second-order valence-electron chi connectivity index (χ2n) is 5.92. The minimum absolute atomic E-state index is 0.195. The van der Waals surface area contributed by atoms with Crippen molar-refractivity contribution in [3.63, 3.8) is 0 Å². The fourth-order valence-electron chi connectivity index (χ4n) is 2.80. The molecular formula is C18H18Cl2FN3S. The van der Waals surface area contributed by atoms with Crippen LogP contribution in [0.4, 0.5) is 10.1 Å². The van der Waals surface area contributed by atoms with Crippen molar-refractivity contribution >= 4 is 46.2 Å². The fourth-order valence-corrected chi connectivity index (χ4v) is 3.44. The summed E-state index contributed by atoms with van der Waals surface area (Å²) in [5.74, 6) is -0.195. The first kappa shape index (κ1) is 18.4. The number of nitrogens with one attached hydrogen (secondary N) is 1. The average molecular weight is 398 g/mol. The molecular weight excluding hydrogens is 380 g/mol. The number of halogens is 3. The Bertz CT molecular complexity index is 764. The molecule has 25 heavy (non-hydrogen) atoms. The topological polar surface area (TPSA) is 18.5 Å². The van der Waals surface area contributed by atoms with Crippen molar-refractivity contribution in [1.82, 2.24) is 9.80 Å². The molecule has 0 atom stereocenters. The number of thiocarbonyl (C=S) groups is 1. The van der Waals surface area contributed by atoms with E-state index in [4.69, 9.17) is 35.4 Å². The molecule has 0 amide bonds. The quantitative estimate of drug-likeness (QED) is 0.759. The first-order valence-corrected chi connectivity index (χ1v) is 9.16. The van der Waals surface area contributed by atoms with Gasteiger partial charge in [-0.25, -0.2) is 4.39 Å². The van der Waals surface area contributed by atoms with Gasteiger partial charge in [-0.3, -0.25) is 4.90 Å². The van der Waals surface area contributed by atoms with Crippen LogP contribution in [0.5, 0.6) is 0 Å². The predicted molar refractivity (Wildman–Crippen MR) is 106 cm³/mol. The molecule has 1 saturated heterocycles. The molecule has 1 fully saturated rings. The van der Waals surface area contributed by atoms with Gasteiger partial charge in [-0.2, -0.15) is 0 Å².